The second-order valence-corrected chi connectivity index (χ2v) is 7.76. The Morgan fingerprint density at radius 2 is 1.77 bits per heavy atom. The van der Waals surface area contributed by atoms with Gasteiger partial charge in [0.1, 0.15) is 0 Å². The van der Waals surface area contributed by atoms with Gasteiger partial charge in [-0.25, -0.2) is 0 Å². The normalized spacial score (nSPS) is 21.5. The second-order valence-electron chi connectivity index (χ2n) is 5.76. The molecule has 0 radical (unpaired) electrons. The van der Waals surface area contributed by atoms with Crippen LogP contribution in [0.2, 0.25) is 0 Å². The SMILES string of the molecule is NC1CCC(NC(=O)c2ccc(-c3ccc(Br)cc3)s2)CC1. The second kappa shape index (κ2) is 6.94. The first-order valence-electron chi connectivity index (χ1n) is 7.54. The summed E-state index contributed by atoms with van der Waals surface area (Å²) >= 11 is 4.97. The fourth-order valence-corrected chi connectivity index (χ4v) is 3.93. The molecule has 0 saturated heterocycles. The molecular formula is C17H19BrN2OS. The van der Waals surface area contributed by atoms with Crippen LogP contribution in [0.3, 0.4) is 0 Å². The number of nitrogens with two attached hydrogens (primary N) is 1. The fraction of sp³-hybridized carbons (Fsp3) is 0.353. The van der Waals surface area contributed by atoms with Crippen molar-refractivity contribution in [2.45, 2.75) is 37.8 Å². The summed E-state index contributed by atoms with van der Waals surface area (Å²) in [6.45, 7) is 0. The standard InChI is InChI=1S/C17H19BrN2OS/c18-12-3-1-11(2-4-12)15-9-10-16(22-15)17(21)20-14-7-5-13(19)6-8-14/h1-4,9-10,13-14H,5-8,19H2,(H,20,21). The highest BCUT2D eigenvalue weighted by atomic mass is 79.9. The van der Waals surface area contributed by atoms with Crippen LogP contribution in [0, 0.1) is 0 Å². The Morgan fingerprint density at radius 3 is 2.45 bits per heavy atom. The molecule has 116 valence electrons. The van der Waals surface area contributed by atoms with Crippen LogP contribution in [0.5, 0.6) is 0 Å². The highest BCUT2D eigenvalue weighted by Crippen LogP contribution is 2.29. The number of hydrogen-bond acceptors (Lipinski definition) is 3. The van der Waals surface area contributed by atoms with Crippen molar-refractivity contribution in [1.82, 2.24) is 5.32 Å². The van der Waals surface area contributed by atoms with Crippen LogP contribution in [0.4, 0.5) is 0 Å². The van der Waals surface area contributed by atoms with E-state index < -0.39 is 0 Å². The van der Waals surface area contributed by atoms with Gasteiger partial charge in [-0.15, -0.1) is 11.3 Å². The molecule has 0 spiro atoms. The Labute approximate surface area is 143 Å². The van der Waals surface area contributed by atoms with Gasteiger partial charge in [-0.05, 0) is 55.5 Å². The Bertz CT molecular complexity index is 645. The zero-order chi connectivity index (χ0) is 15.5. The number of hydrogen-bond donors (Lipinski definition) is 2. The molecule has 1 aliphatic carbocycles. The quantitative estimate of drug-likeness (QED) is 0.841. The van der Waals surface area contributed by atoms with E-state index in [1.54, 1.807) is 0 Å². The number of rotatable bonds is 3. The first-order chi connectivity index (χ1) is 10.6. The molecule has 1 aliphatic rings. The predicted octanol–water partition coefficient (Wildman–Crippen LogP) is 4.18. The summed E-state index contributed by atoms with van der Waals surface area (Å²) in [5, 5.41) is 3.14. The maximum atomic E-state index is 12.4. The van der Waals surface area contributed by atoms with Crippen molar-refractivity contribution in [3.63, 3.8) is 0 Å². The summed E-state index contributed by atoms with van der Waals surface area (Å²) in [6, 6.07) is 12.6. The zero-order valence-electron chi connectivity index (χ0n) is 12.2. The molecule has 1 saturated carbocycles. The smallest absolute Gasteiger partial charge is 0.261 e. The molecule has 22 heavy (non-hydrogen) atoms. The van der Waals surface area contributed by atoms with E-state index in [9.17, 15) is 4.79 Å². The van der Waals surface area contributed by atoms with E-state index in [0.29, 0.717) is 6.04 Å². The number of benzene rings is 1. The Hall–Kier alpha value is -1.17. The molecule has 0 aliphatic heterocycles. The van der Waals surface area contributed by atoms with E-state index in [1.165, 1.54) is 11.3 Å². The molecule has 1 aromatic carbocycles. The van der Waals surface area contributed by atoms with E-state index in [0.717, 1.165) is 45.5 Å². The van der Waals surface area contributed by atoms with E-state index in [1.807, 2.05) is 24.3 Å². The molecule has 1 amide bonds. The number of nitrogens with one attached hydrogen (secondary N) is 1. The van der Waals surface area contributed by atoms with Crippen molar-refractivity contribution in [3.05, 3.63) is 45.7 Å². The van der Waals surface area contributed by atoms with Crippen molar-refractivity contribution < 1.29 is 4.79 Å². The Kier molecular flexibility index (Phi) is 4.96. The summed E-state index contributed by atoms with van der Waals surface area (Å²) in [7, 11) is 0. The molecule has 5 heteroatoms. The topological polar surface area (TPSA) is 55.1 Å². The van der Waals surface area contributed by atoms with Crippen LogP contribution < -0.4 is 11.1 Å². The van der Waals surface area contributed by atoms with Crippen LogP contribution in [0.1, 0.15) is 35.4 Å². The van der Waals surface area contributed by atoms with Crippen molar-refractivity contribution >= 4 is 33.2 Å². The molecule has 1 fully saturated rings. The van der Waals surface area contributed by atoms with E-state index in [2.05, 4.69) is 33.4 Å². The van der Waals surface area contributed by atoms with Crippen LogP contribution in [0.25, 0.3) is 10.4 Å². The highest BCUT2D eigenvalue weighted by Gasteiger charge is 2.21. The van der Waals surface area contributed by atoms with Crippen LogP contribution in [-0.2, 0) is 0 Å². The number of thiophene rings is 1. The lowest BCUT2D eigenvalue weighted by Crippen LogP contribution is -2.40. The van der Waals surface area contributed by atoms with Crippen LogP contribution >= 0.6 is 27.3 Å². The van der Waals surface area contributed by atoms with E-state index >= 15 is 0 Å². The maximum absolute atomic E-state index is 12.4. The van der Waals surface area contributed by atoms with Crippen molar-refractivity contribution in [2.24, 2.45) is 5.73 Å². The van der Waals surface area contributed by atoms with E-state index in [4.69, 9.17) is 5.73 Å². The first kappa shape index (κ1) is 15.7. The van der Waals surface area contributed by atoms with Gasteiger partial charge in [-0.3, -0.25) is 4.79 Å². The average Bonchev–Trinajstić information content (AvgIpc) is 3.00. The van der Waals surface area contributed by atoms with Gasteiger partial charge in [0.15, 0.2) is 0 Å². The summed E-state index contributed by atoms with van der Waals surface area (Å²) in [4.78, 5) is 14.2. The summed E-state index contributed by atoms with van der Waals surface area (Å²) < 4.78 is 1.06. The van der Waals surface area contributed by atoms with Crippen molar-refractivity contribution in [2.75, 3.05) is 0 Å². The van der Waals surface area contributed by atoms with Gasteiger partial charge < -0.3 is 11.1 Å². The fourth-order valence-electron chi connectivity index (χ4n) is 2.75. The Morgan fingerprint density at radius 1 is 1.09 bits per heavy atom. The van der Waals surface area contributed by atoms with Gasteiger partial charge in [-0.1, -0.05) is 28.1 Å². The third-order valence-electron chi connectivity index (χ3n) is 4.07. The molecular weight excluding hydrogens is 360 g/mol. The number of halogens is 1. The number of carbonyl (C=O) groups is 1. The van der Waals surface area contributed by atoms with Gasteiger partial charge >= 0.3 is 0 Å². The molecule has 0 bridgehead atoms. The van der Waals surface area contributed by atoms with Gasteiger partial charge in [0.2, 0.25) is 0 Å². The van der Waals surface area contributed by atoms with Crippen LogP contribution in [-0.4, -0.2) is 18.0 Å². The lowest BCUT2D eigenvalue weighted by atomic mass is 9.92. The van der Waals surface area contributed by atoms with Crippen molar-refractivity contribution in [1.29, 1.82) is 0 Å². The van der Waals surface area contributed by atoms with Crippen molar-refractivity contribution in [3.8, 4) is 10.4 Å². The molecule has 0 atom stereocenters. The molecule has 3 N–H and O–H groups in total. The number of carbonyl (C=O) groups excluding carboxylic acids is 1. The third-order valence-corrected chi connectivity index (χ3v) is 5.73. The minimum Gasteiger partial charge on any atom is -0.349 e. The van der Waals surface area contributed by atoms with Crippen LogP contribution in [0.15, 0.2) is 40.9 Å². The van der Waals surface area contributed by atoms with Gasteiger partial charge in [-0.2, -0.15) is 0 Å². The molecule has 1 aromatic heterocycles. The lowest BCUT2D eigenvalue weighted by molar-refractivity contribution is 0.0930. The van der Waals surface area contributed by atoms with Gasteiger partial charge in [0, 0.05) is 21.4 Å². The third kappa shape index (κ3) is 3.77. The summed E-state index contributed by atoms with van der Waals surface area (Å²) in [5.74, 6) is 0.0360. The minimum absolute atomic E-state index is 0.0360. The minimum atomic E-state index is 0.0360. The molecule has 3 nitrogen and oxygen atoms in total. The van der Waals surface area contributed by atoms with Gasteiger partial charge in [0.05, 0.1) is 4.88 Å². The Balaban J connectivity index is 1.65. The zero-order valence-corrected chi connectivity index (χ0v) is 14.6. The molecule has 3 rings (SSSR count). The monoisotopic (exact) mass is 378 g/mol. The first-order valence-corrected chi connectivity index (χ1v) is 9.15. The van der Waals surface area contributed by atoms with Gasteiger partial charge in [0.25, 0.3) is 5.91 Å². The molecule has 0 unspecified atom stereocenters. The predicted molar refractivity (Wildman–Crippen MR) is 95.2 cm³/mol. The lowest BCUT2D eigenvalue weighted by Gasteiger charge is -2.26. The molecule has 1 heterocycles. The van der Waals surface area contributed by atoms with E-state index in [-0.39, 0.29) is 11.9 Å². The summed E-state index contributed by atoms with van der Waals surface area (Å²) in [6.07, 6.45) is 3.97. The molecule has 2 aromatic rings. The number of amides is 1. The highest BCUT2D eigenvalue weighted by molar-refractivity contribution is 9.10. The maximum Gasteiger partial charge on any atom is 0.261 e. The summed E-state index contributed by atoms with van der Waals surface area (Å²) in [5.41, 5.74) is 7.04. The average molecular weight is 379 g/mol. The largest absolute Gasteiger partial charge is 0.349 e.